The van der Waals surface area contributed by atoms with Crippen LogP contribution in [0.4, 0.5) is 18.9 Å². The summed E-state index contributed by atoms with van der Waals surface area (Å²) in [5, 5.41) is 20.4. The van der Waals surface area contributed by atoms with Crippen LogP contribution in [-0.4, -0.2) is 10.0 Å². The summed E-state index contributed by atoms with van der Waals surface area (Å²) in [7, 11) is 0. The Labute approximate surface area is 100 Å². The highest BCUT2D eigenvalue weighted by atomic mass is 19.4. The lowest BCUT2D eigenvalue weighted by atomic mass is 9.97. The van der Waals surface area contributed by atoms with Crippen LogP contribution < -0.4 is 5.73 Å². The molecule has 1 rings (SSSR count). The van der Waals surface area contributed by atoms with Crippen LogP contribution in [0.15, 0.2) is 18.2 Å². The lowest BCUT2D eigenvalue weighted by molar-refractivity contribution is -0.386. The third-order valence-electron chi connectivity index (χ3n) is 2.53. The number of alkyl halides is 3. The first-order valence-corrected chi connectivity index (χ1v) is 4.97. The summed E-state index contributed by atoms with van der Waals surface area (Å²) in [6.45, 7) is 1.46. The molecule has 1 aromatic rings. The Kier molecular flexibility index (Phi) is 3.63. The molecule has 0 bridgehead atoms. The molecule has 0 aliphatic heterocycles. The molecule has 0 aliphatic carbocycles. The average Bonchev–Trinajstić information content (AvgIpc) is 2.27. The molecule has 0 radical (unpaired) electrons. The number of nitro benzene ring substituents is 1. The number of rotatable bonds is 3. The van der Waals surface area contributed by atoms with E-state index in [-0.39, 0.29) is 12.0 Å². The summed E-state index contributed by atoms with van der Waals surface area (Å²) in [6, 6.07) is 1.84. The molecule has 0 saturated heterocycles. The van der Waals surface area contributed by atoms with Gasteiger partial charge in [-0.2, -0.15) is 13.2 Å². The van der Waals surface area contributed by atoms with Crippen molar-refractivity contribution in [3.05, 3.63) is 39.4 Å². The van der Waals surface area contributed by atoms with Crippen LogP contribution in [0.3, 0.4) is 0 Å². The lowest BCUT2D eigenvalue weighted by Gasteiger charge is -2.22. The molecule has 1 unspecified atom stereocenters. The first kappa shape index (κ1) is 14.4. The molecule has 0 amide bonds. The van der Waals surface area contributed by atoms with Crippen LogP contribution in [-0.2, 0) is 11.9 Å². The maximum atomic E-state index is 12.4. The highest BCUT2D eigenvalue weighted by molar-refractivity contribution is 5.47. The minimum absolute atomic E-state index is 0.0702. The van der Waals surface area contributed by atoms with Crippen LogP contribution in [0.5, 0.6) is 0 Å². The van der Waals surface area contributed by atoms with Crippen molar-refractivity contribution in [2.75, 3.05) is 0 Å². The molecule has 0 fully saturated rings. The van der Waals surface area contributed by atoms with Crippen molar-refractivity contribution < 1.29 is 23.2 Å². The topological polar surface area (TPSA) is 89.4 Å². The smallest absolute Gasteiger partial charge is 0.372 e. The van der Waals surface area contributed by atoms with E-state index in [0.29, 0.717) is 12.1 Å². The highest BCUT2D eigenvalue weighted by Gasteiger charge is 2.36. The van der Waals surface area contributed by atoms with Gasteiger partial charge in [-0.1, -0.05) is 6.92 Å². The molecule has 0 saturated carbocycles. The van der Waals surface area contributed by atoms with Gasteiger partial charge in [0.15, 0.2) is 0 Å². The zero-order chi connectivity index (χ0) is 14.1. The average molecular weight is 264 g/mol. The maximum absolute atomic E-state index is 12.4. The van der Waals surface area contributed by atoms with Crippen molar-refractivity contribution in [1.29, 1.82) is 0 Å². The van der Waals surface area contributed by atoms with Gasteiger partial charge in [-0.25, -0.2) is 0 Å². The Morgan fingerprint density at radius 1 is 1.44 bits per heavy atom. The normalized spacial score (nSPS) is 15.2. The number of hydrogen-bond donors (Lipinski definition) is 2. The Hall–Kier alpha value is -1.67. The van der Waals surface area contributed by atoms with Gasteiger partial charge in [0.05, 0.1) is 16.1 Å². The number of nitro groups is 1. The van der Waals surface area contributed by atoms with Gasteiger partial charge in [0.2, 0.25) is 0 Å². The van der Waals surface area contributed by atoms with Crippen molar-refractivity contribution >= 4 is 5.69 Å². The number of halogens is 3. The van der Waals surface area contributed by atoms with Gasteiger partial charge in [-0.15, -0.1) is 0 Å². The zero-order valence-electron chi connectivity index (χ0n) is 9.36. The van der Waals surface area contributed by atoms with Crippen LogP contribution >= 0.6 is 0 Å². The van der Waals surface area contributed by atoms with Crippen LogP contribution in [0, 0.1) is 10.1 Å². The summed E-state index contributed by atoms with van der Waals surface area (Å²) in [6.07, 6.45) is -4.76. The zero-order valence-corrected chi connectivity index (χ0v) is 9.36. The van der Waals surface area contributed by atoms with Gasteiger partial charge >= 0.3 is 6.18 Å². The fourth-order valence-electron chi connectivity index (χ4n) is 1.42. The maximum Gasteiger partial charge on any atom is 0.416 e. The van der Waals surface area contributed by atoms with Crippen molar-refractivity contribution in [3.63, 3.8) is 0 Å². The van der Waals surface area contributed by atoms with E-state index in [4.69, 9.17) is 5.73 Å². The Morgan fingerprint density at radius 2 is 2.00 bits per heavy atom. The number of aliphatic hydroxyl groups is 1. The van der Waals surface area contributed by atoms with Crippen molar-refractivity contribution in [1.82, 2.24) is 0 Å². The molecule has 0 aliphatic rings. The second-order valence-electron chi connectivity index (χ2n) is 3.76. The molecule has 5 nitrogen and oxygen atoms in total. The Bertz CT molecular complexity index is 472. The number of nitrogens with two attached hydrogens (primary N) is 1. The molecule has 100 valence electrons. The highest BCUT2D eigenvalue weighted by Crippen LogP contribution is 2.35. The third-order valence-corrected chi connectivity index (χ3v) is 2.53. The predicted molar refractivity (Wildman–Crippen MR) is 56.5 cm³/mol. The summed E-state index contributed by atoms with van der Waals surface area (Å²) >= 11 is 0. The molecule has 0 aromatic heterocycles. The predicted octanol–water partition coefficient (Wildman–Crippen LogP) is 2.13. The fourth-order valence-corrected chi connectivity index (χ4v) is 1.42. The second-order valence-corrected chi connectivity index (χ2v) is 3.76. The van der Waals surface area contributed by atoms with E-state index in [1.807, 2.05) is 0 Å². The number of hydrogen-bond acceptors (Lipinski definition) is 4. The second kappa shape index (κ2) is 4.54. The molecule has 1 atom stereocenters. The summed E-state index contributed by atoms with van der Waals surface area (Å²) in [5.41, 5.74) is 1.01. The quantitative estimate of drug-likeness (QED) is 0.497. The minimum Gasteiger partial charge on any atom is -0.372 e. The van der Waals surface area contributed by atoms with Crippen molar-refractivity contribution in [3.8, 4) is 0 Å². The molecule has 8 heteroatoms. The molecular formula is C10H11F3N2O3. The van der Waals surface area contributed by atoms with E-state index in [2.05, 4.69) is 0 Å². The van der Waals surface area contributed by atoms with E-state index in [1.54, 1.807) is 0 Å². The van der Waals surface area contributed by atoms with E-state index in [1.165, 1.54) is 6.92 Å². The van der Waals surface area contributed by atoms with Crippen molar-refractivity contribution in [2.24, 2.45) is 5.73 Å². The Balaban J connectivity index is 3.44. The monoisotopic (exact) mass is 264 g/mol. The third kappa shape index (κ3) is 2.77. The first-order chi connectivity index (χ1) is 8.09. The van der Waals surface area contributed by atoms with E-state index >= 15 is 0 Å². The molecular weight excluding hydrogens is 253 g/mol. The Morgan fingerprint density at radius 3 is 2.39 bits per heavy atom. The lowest BCUT2D eigenvalue weighted by Crippen LogP contribution is -2.36. The standard InChI is InChI=1S/C10H11F3N2O3/c1-2-9(14,16)7-4-3-6(10(11,12)13)5-8(7)15(17)18/h3-5,16H,2,14H2,1H3. The molecule has 0 heterocycles. The molecule has 0 spiro atoms. The molecule has 18 heavy (non-hydrogen) atoms. The van der Waals surface area contributed by atoms with Crippen LogP contribution in [0.25, 0.3) is 0 Å². The van der Waals surface area contributed by atoms with E-state index in [0.717, 1.165) is 6.07 Å². The molecule has 1 aromatic carbocycles. The van der Waals surface area contributed by atoms with E-state index < -0.39 is 28.1 Å². The number of benzene rings is 1. The van der Waals surface area contributed by atoms with Gasteiger partial charge in [0.1, 0.15) is 5.72 Å². The van der Waals surface area contributed by atoms with Gasteiger partial charge in [-0.3, -0.25) is 15.8 Å². The van der Waals surface area contributed by atoms with Gasteiger partial charge in [0.25, 0.3) is 5.69 Å². The largest absolute Gasteiger partial charge is 0.416 e. The summed E-state index contributed by atoms with van der Waals surface area (Å²) in [5.74, 6) is 0. The molecule has 3 N–H and O–H groups in total. The van der Waals surface area contributed by atoms with E-state index in [9.17, 15) is 28.4 Å². The van der Waals surface area contributed by atoms with Crippen LogP contribution in [0.2, 0.25) is 0 Å². The summed E-state index contributed by atoms with van der Waals surface area (Å²) in [4.78, 5) is 9.73. The number of nitrogens with zero attached hydrogens (tertiary/aromatic N) is 1. The van der Waals surface area contributed by atoms with Gasteiger partial charge < -0.3 is 5.11 Å². The van der Waals surface area contributed by atoms with Crippen LogP contribution in [0.1, 0.15) is 24.5 Å². The fraction of sp³-hybridized carbons (Fsp3) is 0.400. The minimum atomic E-state index is -4.69. The van der Waals surface area contributed by atoms with Gasteiger partial charge in [-0.05, 0) is 18.6 Å². The summed E-state index contributed by atoms with van der Waals surface area (Å²) < 4.78 is 37.3. The first-order valence-electron chi connectivity index (χ1n) is 4.97. The van der Waals surface area contributed by atoms with Crippen molar-refractivity contribution in [2.45, 2.75) is 25.2 Å². The van der Waals surface area contributed by atoms with Gasteiger partial charge in [0, 0.05) is 6.07 Å². The SMILES string of the molecule is CCC(N)(O)c1ccc(C(F)(F)F)cc1[N+](=O)[O-].